The van der Waals surface area contributed by atoms with Crippen LogP contribution in [0.3, 0.4) is 0 Å². The van der Waals surface area contributed by atoms with E-state index in [0.717, 1.165) is 13.0 Å². The Kier molecular flexibility index (Phi) is 16.9. The molecule has 23 heavy (non-hydrogen) atoms. The quantitative estimate of drug-likeness (QED) is 0.285. The van der Waals surface area contributed by atoms with Crippen molar-refractivity contribution in [2.24, 2.45) is 0 Å². The van der Waals surface area contributed by atoms with Gasteiger partial charge in [0, 0.05) is 6.61 Å². The van der Waals surface area contributed by atoms with Crippen molar-refractivity contribution in [2.75, 3.05) is 33.0 Å². The summed E-state index contributed by atoms with van der Waals surface area (Å²) in [5, 5.41) is 0. The Morgan fingerprint density at radius 1 is 0.652 bits per heavy atom. The Bertz CT molecular complexity index is 282. The van der Waals surface area contributed by atoms with Crippen LogP contribution < -0.4 is 0 Å². The summed E-state index contributed by atoms with van der Waals surface area (Å²) in [6, 6.07) is 0. The van der Waals surface area contributed by atoms with Crippen molar-refractivity contribution < 1.29 is 28.3 Å². The molecule has 0 aromatic rings. The minimum atomic E-state index is -4.37. The van der Waals surface area contributed by atoms with Gasteiger partial charge in [0.1, 0.15) is 0 Å². The van der Waals surface area contributed by atoms with Crippen molar-refractivity contribution in [1.29, 1.82) is 0 Å². The number of unbranched alkanes of at least 4 members (excludes halogenated alkanes) is 9. The summed E-state index contributed by atoms with van der Waals surface area (Å²) in [7, 11) is -4.37. The van der Waals surface area contributed by atoms with Crippen LogP contribution in [0.4, 0.5) is 0 Å². The van der Waals surface area contributed by atoms with Crippen LogP contribution in [0.1, 0.15) is 71.1 Å². The number of hydrogen-bond acceptors (Lipinski definition) is 4. The predicted octanol–water partition coefficient (Wildman–Crippen LogP) is 4.05. The topological polar surface area (TPSA) is 85.2 Å². The van der Waals surface area contributed by atoms with Crippen LogP contribution in [0.5, 0.6) is 0 Å². The van der Waals surface area contributed by atoms with Crippen molar-refractivity contribution >= 4 is 7.82 Å². The molecular weight excluding hydrogens is 319 g/mol. The Balaban J connectivity index is 3.01. The van der Waals surface area contributed by atoms with Gasteiger partial charge in [0.15, 0.2) is 0 Å². The van der Waals surface area contributed by atoms with Crippen molar-refractivity contribution in [1.82, 2.24) is 0 Å². The first-order valence-corrected chi connectivity index (χ1v) is 10.4. The normalized spacial score (nSPS) is 12.0. The van der Waals surface area contributed by atoms with E-state index in [2.05, 4.69) is 11.4 Å². The van der Waals surface area contributed by atoms with E-state index in [9.17, 15) is 4.57 Å². The first-order valence-electron chi connectivity index (χ1n) is 8.92. The zero-order valence-corrected chi connectivity index (χ0v) is 15.5. The molecule has 0 aliphatic carbocycles. The van der Waals surface area contributed by atoms with Crippen LogP contribution in [0.25, 0.3) is 0 Å². The summed E-state index contributed by atoms with van der Waals surface area (Å²) in [4.78, 5) is 16.9. The molecule has 0 bridgehead atoms. The van der Waals surface area contributed by atoms with Crippen LogP contribution in [-0.4, -0.2) is 42.8 Å². The van der Waals surface area contributed by atoms with Gasteiger partial charge in [0.05, 0.1) is 26.4 Å². The average molecular weight is 354 g/mol. The second kappa shape index (κ2) is 16.9. The molecule has 0 spiro atoms. The first-order chi connectivity index (χ1) is 11.1. The van der Waals surface area contributed by atoms with Crippen LogP contribution in [-0.2, 0) is 18.6 Å². The molecule has 0 heterocycles. The molecule has 0 saturated heterocycles. The van der Waals surface area contributed by atoms with E-state index < -0.39 is 7.82 Å². The largest absolute Gasteiger partial charge is 0.469 e. The number of hydrogen-bond donors (Lipinski definition) is 2. The first kappa shape index (κ1) is 23.0. The highest BCUT2D eigenvalue weighted by Crippen LogP contribution is 2.35. The predicted molar refractivity (Wildman–Crippen MR) is 91.5 cm³/mol. The van der Waals surface area contributed by atoms with Crippen LogP contribution in [0.2, 0.25) is 0 Å². The lowest BCUT2D eigenvalue weighted by Crippen LogP contribution is -2.09. The number of ether oxygens (including phenoxy) is 2. The number of phosphoric ester groups is 1. The van der Waals surface area contributed by atoms with Gasteiger partial charge in [-0.25, -0.2) is 4.57 Å². The molecule has 2 N–H and O–H groups in total. The molecule has 0 amide bonds. The third-order valence-electron chi connectivity index (χ3n) is 3.50. The monoisotopic (exact) mass is 354 g/mol. The molecule has 0 fully saturated rings. The van der Waals surface area contributed by atoms with Gasteiger partial charge in [0.2, 0.25) is 0 Å². The second-order valence-electron chi connectivity index (χ2n) is 5.73. The zero-order valence-electron chi connectivity index (χ0n) is 14.6. The Morgan fingerprint density at radius 3 is 1.61 bits per heavy atom. The average Bonchev–Trinajstić information content (AvgIpc) is 2.49. The highest BCUT2D eigenvalue weighted by atomic mass is 31.2. The third kappa shape index (κ3) is 22.0. The summed E-state index contributed by atoms with van der Waals surface area (Å²) in [5.41, 5.74) is 0. The van der Waals surface area contributed by atoms with Crippen LogP contribution in [0.15, 0.2) is 0 Å². The van der Waals surface area contributed by atoms with Crippen molar-refractivity contribution in [3.8, 4) is 0 Å². The standard InChI is InChI=1S/C16H35O6P/c1-2-3-4-5-6-7-8-9-10-11-12-20-13-14-21-15-16-22-23(17,18)19/h2-16H2,1H3,(H2,17,18,19). The fourth-order valence-electron chi connectivity index (χ4n) is 2.23. The molecule has 0 aliphatic rings. The van der Waals surface area contributed by atoms with E-state index in [0.29, 0.717) is 13.2 Å². The van der Waals surface area contributed by atoms with Crippen molar-refractivity contribution in [3.63, 3.8) is 0 Å². The number of rotatable bonds is 18. The highest BCUT2D eigenvalue weighted by Gasteiger charge is 2.12. The lowest BCUT2D eigenvalue weighted by Gasteiger charge is -2.07. The summed E-state index contributed by atoms with van der Waals surface area (Å²) in [6.07, 6.45) is 13.1. The molecule has 0 atom stereocenters. The lowest BCUT2D eigenvalue weighted by atomic mass is 10.1. The molecule has 0 unspecified atom stereocenters. The van der Waals surface area contributed by atoms with E-state index in [1.165, 1.54) is 57.8 Å². The van der Waals surface area contributed by atoms with Gasteiger partial charge in [0.25, 0.3) is 0 Å². The van der Waals surface area contributed by atoms with E-state index in [1.807, 2.05) is 0 Å². The fraction of sp³-hybridized carbons (Fsp3) is 1.00. The maximum absolute atomic E-state index is 10.4. The fourth-order valence-corrected chi connectivity index (χ4v) is 2.54. The maximum atomic E-state index is 10.4. The van der Waals surface area contributed by atoms with Gasteiger partial charge in [-0.2, -0.15) is 0 Å². The van der Waals surface area contributed by atoms with E-state index in [1.54, 1.807) is 0 Å². The third-order valence-corrected chi connectivity index (χ3v) is 4.02. The smallest absolute Gasteiger partial charge is 0.379 e. The molecular formula is C16H35O6P. The molecule has 0 saturated carbocycles. The van der Waals surface area contributed by atoms with E-state index >= 15 is 0 Å². The molecule has 0 radical (unpaired) electrons. The molecule has 0 aromatic heterocycles. The summed E-state index contributed by atoms with van der Waals surface area (Å²) in [5.74, 6) is 0. The SMILES string of the molecule is CCCCCCCCCCCCOCCOCCOP(=O)(O)O. The van der Waals surface area contributed by atoms with Crippen molar-refractivity contribution in [3.05, 3.63) is 0 Å². The summed E-state index contributed by atoms with van der Waals surface area (Å²) in [6.45, 7) is 3.97. The van der Waals surface area contributed by atoms with Gasteiger partial charge in [-0.3, -0.25) is 4.52 Å². The molecule has 7 heteroatoms. The molecule has 140 valence electrons. The lowest BCUT2D eigenvalue weighted by molar-refractivity contribution is 0.0312. The van der Waals surface area contributed by atoms with Gasteiger partial charge in [-0.15, -0.1) is 0 Å². The Labute approximate surface area is 141 Å². The minimum absolute atomic E-state index is 0.108. The molecule has 0 aromatic carbocycles. The summed E-state index contributed by atoms with van der Waals surface area (Å²) >= 11 is 0. The van der Waals surface area contributed by atoms with Gasteiger partial charge < -0.3 is 19.3 Å². The van der Waals surface area contributed by atoms with Gasteiger partial charge >= 0.3 is 7.82 Å². The van der Waals surface area contributed by atoms with Crippen LogP contribution >= 0.6 is 7.82 Å². The maximum Gasteiger partial charge on any atom is 0.469 e. The molecule has 0 aliphatic heterocycles. The molecule has 0 rings (SSSR count). The number of phosphoric acid groups is 1. The van der Waals surface area contributed by atoms with E-state index in [4.69, 9.17) is 19.3 Å². The minimum Gasteiger partial charge on any atom is -0.379 e. The van der Waals surface area contributed by atoms with Gasteiger partial charge in [-0.1, -0.05) is 64.7 Å². The second-order valence-corrected chi connectivity index (χ2v) is 6.97. The van der Waals surface area contributed by atoms with E-state index in [-0.39, 0.29) is 13.2 Å². The Morgan fingerprint density at radius 2 is 1.09 bits per heavy atom. The Hall–Kier alpha value is 0.0300. The molecule has 6 nitrogen and oxygen atoms in total. The van der Waals surface area contributed by atoms with Crippen LogP contribution in [0, 0.1) is 0 Å². The highest BCUT2D eigenvalue weighted by molar-refractivity contribution is 7.46. The van der Waals surface area contributed by atoms with Crippen molar-refractivity contribution in [2.45, 2.75) is 71.1 Å². The summed E-state index contributed by atoms with van der Waals surface area (Å²) < 4.78 is 25.2. The van der Waals surface area contributed by atoms with Gasteiger partial charge in [-0.05, 0) is 6.42 Å². The zero-order chi connectivity index (χ0) is 17.2.